The number of hydrogen-bond donors (Lipinski definition) is 1. The summed E-state index contributed by atoms with van der Waals surface area (Å²) in [5.74, 6) is 1.84. The van der Waals surface area contributed by atoms with Crippen LogP contribution in [0.25, 0.3) is 0 Å². The molecule has 72 valence electrons. The smallest absolute Gasteiger partial charge is 0.00645 e. The van der Waals surface area contributed by atoms with Gasteiger partial charge in [0, 0.05) is 6.04 Å². The number of hydrogen-bond acceptors (Lipinski definition) is 1. The molecule has 1 aliphatic rings. The summed E-state index contributed by atoms with van der Waals surface area (Å²) in [4.78, 5) is 0. The Hall–Kier alpha value is -0.0400. The fourth-order valence-corrected chi connectivity index (χ4v) is 2.36. The van der Waals surface area contributed by atoms with Gasteiger partial charge in [-0.15, -0.1) is 0 Å². The van der Waals surface area contributed by atoms with Crippen molar-refractivity contribution in [3.8, 4) is 0 Å². The number of nitrogens with two attached hydrogens (primary N) is 1. The van der Waals surface area contributed by atoms with Gasteiger partial charge in [-0.05, 0) is 31.1 Å². The van der Waals surface area contributed by atoms with Crippen molar-refractivity contribution in [2.24, 2.45) is 17.6 Å². The maximum absolute atomic E-state index is 6.03. The topological polar surface area (TPSA) is 26.0 Å². The van der Waals surface area contributed by atoms with E-state index >= 15 is 0 Å². The Morgan fingerprint density at radius 1 is 1.17 bits per heavy atom. The molecule has 0 bridgehead atoms. The Labute approximate surface area is 76.7 Å². The summed E-state index contributed by atoms with van der Waals surface area (Å²) in [7, 11) is 0. The fraction of sp³-hybridized carbons (Fsp3) is 1.00. The zero-order valence-corrected chi connectivity index (χ0v) is 8.55. The molecule has 0 saturated heterocycles. The van der Waals surface area contributed by atoms with Crippen LogP contribution in [0.2, 0.25) is 0 Å². The fourth-order valence-electron chi connectivity index (χ4n) is 2.36. The third-order valence-electron chi connectivity index (χ3n) is 3.55. The van der Waals surface area contributed by atoms with Gasteiger partial charge in [-0.25, -0.2) is 0 Å². The molecular weight excluding hydrogens is 146 g/mol. The molecule has 1 saturated carbocycles. The van der Waals surface area contributed by atoms with Gasteiger partial charge in [-0.3, -0.25) is 0 Å². The third-order valence-corrected chi connectivity index (χ3v) is 3.55. The molecule has 0 unspecified atom stereocenters. The molecule has 2 N–H and O–H groups in total. The lowest BCUT2D eigenvalue weighted by Gasteiger charge is -2.31. The lowest BCUT2D eigenvalue weighted by atomic mass is 9.77. The van der Waals surface area contributed by atoms with Gasteiger partial charge in [0.2, 0.25) is 0 Å². The Balaban J connectivity index is 2.25. The summed E-state index contributed by atoms with van der Waals surface area (Å²) in [6, 6.07) is 0.475. The maximum atomic E-state index is 6.03. The highest BCUT2D eigenvalue weighted by Gasteiger charge is 2.23. The van der Waals surface area contributed by atoms with Crippen LogP contribution < -0.4 is 5.73 Å². The Morgan fingerprint density at radius 3 is 2.17 bits per heavy atom. The molecule has 0 aliphatic heterocycles. The van der Waals surface area contributed by atoms with Crippen LogP contribution in [0.15, 0.2) is 0 Å². The highest BCUT2D eigenvalue weighted by molar-refractivity contribution is 4.78. The van der Waals surface area contributed by atoms with E-state index in [2.05, 4.69) is 13.8 Å². The quantitative estimate of drug-likeness (QED) is 0.690. The largest absolute Gasteiger partial charge is 0.327 e. The van der Waals surface area contributed by atoms with Crippen LogP contribution in [0.5, 0.6) is 0 Å². The average molecular weight is 169 g/mol. The van der Waals surface area contributed by atoms with Gasteiger partial charge in [0.05, 0.1) is 0 Å². The summed E-state index contributed by atoms with van der Waals surface area (Å²) in [5, 5.41) is 0. The maximum Gasteiger partial charge on any atom is 0.00645 e. The van der Waals surface area contributed by atoms with E-state index in [-0.39, 0.29) is 0 Å². The van der Waals surface area contributed by atoms with Gasteiger partial charge < -0.3 is 5.73 Å². The molecule has 0 aromatic carbocycles. The molecule has 12 heavy (non-hydrogen) atoms. The second kappa shape index (κ2) is 4.86. The van der Waals surface area contributed by atoms with Crippen LogP contribution in [-0.2, 0) is 0 Å². The first kappa shape index (κ1) is 10.0. The zero-order valence-electron chi connectivity index (χ0n) is 8.55. The molecule has 0 aromatic rings. The molecule has 1 heteroatoms. The van der Waals surface area contributed by atoms with Crippen LogP contribution in [0, 0.1) is 11.8 Å². The van der Waals surface area contributed by atoms with Crippen LogP contribution >= 0.6 is 0 Å². The van der Waals surface area contributed by atoms with Crippen molar-refractivity contribution in [1.29, 1.82) is 0 Å². The Kier molecular flexibility index (Phi) is 4.07. The third kappa shape index (κ3) is 2.48. The van der Waals surface area contributed by atoms with Gasteiger partial charge in [-0.1, -0.05) is 33.1 Å². The van der Waals surface area contributed by atoms with E-state index in [1.807, 2.05) is 0 Å². The molecule has 1 fully saturated rings. The van der Waals surface area contributed by atoms with Crippen molar-refractivity contribution in [3.05, 3.63) is 0 Å². The van der Waals surface area contributed by atoms with Crippen LogP contribution in [0.3, 0.4) is 0 Å². The predicted molar refractivity (Wildman–Crippen MR) is 54.0 cm³/mol. The lowest BCUT2D eigenvalue weighted by molar-refractivity contribution is 0.236. The monoisotopic (exact) mass is 169 g/mol. The SMILES string of the molecule is CCC1CCC([C@H](N)CC)CC1. The second-order valence-corrected chi connectivity index (χ2v) is 4.26. The van der Waals surface area contributed by atoms with E-state index in [4.69, 9.17) is 5.73 Å². The predicted octanol–water partition coefficient (Wildman–Crippen LogP) is 2.94. The standard InChI is InChI=1S/C11H23N/c1-3-9-5-7-10(8-6-9)11(12)4-2/h9-11H,3-8,12H2,1-2H3/t9?,10?,11-/m1/s1. The summed E-state index contributed by atoms with van der Waals surface area (Å²) in [6.07, 6.45) is 8.14. The lowest BCUT2D eigenvalue weighted by Crippen LogP contribution is -2.32. The summed E-state index contributed by atoms with van der Waals surface area (Å²) >= 11 is 0. The van der Waals surface area contributed by atoms with E-state index in [1.54, 1.807) is 0 Å². The minimum absolute atomic E-state index is 0.475. The molecule has 0 radical (unpaired) electrons. The Morgan fingerprint density at radius 2 is 1.75 bits per heavy atom. The van der Waals surface area contributed by atoms with Gasteiger partial charge in [0.25, 0.3) is 0 Å². The zero-order chi connectivity index (χ0) is 8.97. The van der Waals surface area contributed by atoms with E-state index < -0.39 is 0 Å². The van der Waals surface area contributed by atoms with Gasteiger partial charge >= 0.3 is 0 Å². The Bertz CT molecular complexity index is 114. The molecule has 0 aromatic heterocycles. The van der Waals surface area contributed by atoms with Crippen LogP contribution in [-0.4, -0.2) is 6.04 Å². The molecule has 0 amide bonds. The van der Waals surface area contributed by atoms with Crippen LogP contribution in [0.1, 0.15) is 52.4 Å². The molecule has 1 aliphatic carbocycles. The first-order valence-corrected chi connectivity index (χ1v) is 5.53. The minimum Gasteiger partial charge on any atom is -0.327 e. The highest BCUT2D eigenvalue weighted by Crippen LogP contribution is 2.32. The van der Waals surface area contributed by atoms with Crippen molar-refractivity contribution in [1.82, 2.24) is 0 Å². The summed E-state index contributed by atoms with van der Waals surface area (Å²) < 4.78 is 0. The van der Waals surface area contributed by atoms with E-state index in [0.717, 1.165) is 18.3 Å². The average Bonchev–Trinajstić information content (AvgIpc) is 2.17. The van der Waals surface area contributed by atoms with Crippen molar-refractivity contribution in [2.45, 2.75) is 58.4 Å². The molecule has 0 heterocycles. The second-order valence-electron chi connectivity index (χ2n) is 4.26. The molecule has 1 nitrogen and oxygen atoms in total. The van der Waals surface area contributed by atoms with E-state index in [1.165, 1.54) is 32.1 Å². The minimum atomic E-state index is 0.475. The summed E-state index contributed by atoms with van der Waals surface area (Å²) in [6.45, 7) is 4.52. The van der Waals surface area contributed by atoms with Crippen molar-refractivity contribution < 1.29 is 0 Å². The molecule has 0 spiro atoms. The first-order valence-electron chi connectivity index (χ1n) is 5.53. The van der Waals surface area contributed by atoms with Crippen molar-refractivity contribution >= 4 is 0 Å². The van der Waals surface area contributed by atoms with Gasteiger partial charge in [0.1, 0.15) is 0 Å². The van der Waals surface area contributed by atoms with Crippen molar-refractivity contribution in [2.75, 3.05) is 0 Å². The molecular formula is C11H23N. The van der Waals surface area contributed by atoms with Crippen molar-refractivity contribution in [3.63, 3.8) is 0 Å². The molecule has 1 atom stereocenters. The highest BCUT2D eigenvalue weighted by atomic mass is 14.6. The van der Waals surface area contributed by atoms with Gasteiger partial charge in [0.15, 0.2) is 0 Å². The van der Waals surface area contributed by atoms with Gasteiger partial charge in [-0.2, -0.15) is 0 Å². The summed E-state index contributed by atoms with van der Waals surface area (Å²) in [5.41, 5.74) is 6.03. The first-order chi connectivity index (χ1) is 5.77. The number of rotatable bonds is 3. The molecule has 1 rings (SSSR count). The van der Waals surface area contributed by atoms with E-state index in [0.29, 0.717) is 6.04 Å². The normalized spacial score (nSPS) is 33.2. The van der Waals surface area contributed by atoms with Crippen LogP contribution in [0.4, 0.5) is 0 Å². The van der Waals surface area contributed by atoms with E-state index in [9.17, 15) is 0 Å².